The highest BCUT2D eigenvalue weighted by Gasteiger charge is 2.24. The number of aromatic amines is 2. The van der Waals surface area contributed by atoms with Crippen molar-refractivity contribution in [1.82, 2.24) is 9.97 Å². The van der Waals surface area contributed by atoms with E-state index in [1.807, 2.05) is 55.5 Å². The number of hydrogen-bond donors (Lipinski definition) is 2. The molecule has 0 radical (unpaired) electrons. The summed E-state index contributed by atoms with van der Waals surface area (Å²) in [5.74, 6) is 1.33. The van der Waals surface area contributed by atoms with Crippen molar-refractivity contribution in [2.75, 3.05) is 18.0 Å². The second kappa shape index (κ2) is 13.0. The quantitative estimate of drug-likeness (QED) is 0.109. The van der Waals surface area contributed by atoms with Crippen LogP contribution in [0.4, 0.5) is 5.69 Å². The van der Waals surface area contributed by atoms with E-state index in [9.17, 15) is 9.59 Å². The van der Waals surface area contributed by atoms with Gasteiger partial charge in [-0.15, -0.1) is 0 Å². The zero-order valence-electron chi connectivity index (χ0n) is 28.0. The monoisotopic (exact) mass is 667 g/mol. The fourth-order valence-corrected chi connectivity index (χ4v) is 7.48. The standard InChI is InChI=1S/C23H21N3O.C20H12N2O2/c1-16-11-20(22(15-24)25-2)14-21(27-16)8-7-17-12-18-5-3-9-26-10-4-6-19(13-17)23(18)26;23-19-11-5-1-3-7-15(11)21-17-10-14-18(9-13(17)19)22-16-8-4-2-6-12(16)20(14)24/h7-8,11-14H,3-6,9-10H2,1H3;1-10H,(H,21,23)(H,22,24)/b8-7+,22-20+;. The highest BCUT2D eigenvalue weighted by Crippen LogP contribution is 2.36. The van der Waals surface area contributed by atoms with E-state index in [0.29, 0.717) is 49.7 Å². The number of nitriles is 1. The lowest BCUT2D eigenvalue weighted by Gasteiger charge is -2.37. The Labute approximate surface area is 293 Å². The van der Waals surface area contributed by atoms with Gasteiger partial charge in [0.05, 0.1) is 23.7 Å². The summed E-state index contributed by atoms with van der Waals surface area (Å²) in [7, 11) is 0. The zero-order chi connectivity index (χ0) is 35.1. The van der Waals surface area contributed by atoms with Crippen LogP contribution in [-0.2, 0) is 17.6 Å². The van der Waals surface area contributed by atoms with Crippen LogP contribution >= 0.6 is 0 Å². The fourth-order valence-electron chi connectivity index (χ4n) is 7.48. The van der Waals surface area contributed by atoms with Crippen molar-refractivity contribution in [2.45, 2.75) is 32.6 Å². The number of pyridine rings is 2. The van der Waals surface area contributed by atoms with Gasteiger partial charge in [0.2, 0.25) is 0 Å². The maximum atomic E-state index is 12.8. The van der Waals surface area contributed by atoms with Gasteiger partial charge in [-0.1, -0.05) is 30.3 Å². The van der Waals surface area contributed by atoms with Crippen molar-refractivity contribution in [2.24, 2.45) is 0 Å². The van der Waals surface area contributed by atoms with Crippen LogP contribution in [0.25, 0.3) is 54.5 Å². The van der Waals surface area contributed by atoms with E-state index >= 15 is 0 Å². The minimum Gasteiger partial charge on any atom is -0.462 e. The normalized spacial score (nSPS) is 16.1. The second-order valence-electron chi connectivity index (χ2n) is 13.1. The Morgan fingerprint density at radius 1 is 0.804 bits per heavy atom. The number of rotatable bonds is 2. The van der Waals surface area contributed by atoms with Gasteiger partial charge in [0.25, 0.3) is 5.70 Å². The second-order valence-corrected chi connectivity index (χ2v) is 13.1. The van der Waals surface area contributed by atoms with Crippen molar-refractivity contribution < 1.29 is 4.74 Å². The highest BCUT2D eigenvalue weighted by atomic mass is 16.5. The molecule has 0 amide bonds. The van der Waals surface area contributed by atoms with E-state index in [2.05, 4.69) is 37.9 Å². The van der Waals surface area contributed by atoms with Crippen molar-refractivity contribution in [3.8, 4) is 6.07 Å². The Bertz CT molecular complexity index is 2610. The van der Waals surface area contributed by atoms with Gasteiger partial charge in [-0.25, -0.2) is 10.1 Å². The molecule has 0 bridgehead atoms. The number of anilines is 1. The molecule has 3 aliphatic heterocycles. The van der Waals surface area contributed by atoms with Crippen LogP contribution in [0.5, 0.6) is 0 Å². The molecule has 51 heavy (non-hydrogen) atoms. The van der Waals surface area contributed by atoms with Crippen molar-refractivity contribution in [1.29, 1.82) is 5.26 Å². The molecule has 248 valence electrons. The van der Waals surface area contributed by atoms with E-state index in [-0.39, 0.29) is 16.6 Å². The van der Waals surface area contributed by atoms with E-state index in [1.54, 1.807) is 36.4 Å². The lowest BCUT2D eigenvalue weighted by molar-refractivity contribution is 0.318. The molecule has 4 aromatic carbocycles. The Morgan fingerprint density at radius 3 is 1.92 bits per heavy atom. The van der Waals surface area contributed by atoms with Gasteiger partial charge in [0.1, 0.15) is 11.5 Å². The lowest BCUT2D eigenvalue weighted by Crippen LogP contribution is -2.34. The van der Waals surface area contributed by atoms with Crippen LogP contribution in [0, 0.1) is 17.9 Å². The van der Waals surface area contributed by atoms with Crippen molar-refractivity contribution in [3.05, 3.63) is 162 Å². The molecule has 2 aromatic heterocycles. The number of aromatic nitrogens is 2. The molecule has 0 saturated heterocycles. The Kier molecular flexibility index (Phi) is 8.06. The van der Waals surface area contributed by atoms with Crippen LogP contribution < -0.4 is 15.8 Å². The summed E-state index contributed by atoms with van der Waals surface area (Å²) in [4.78, 5) is 37.9. The average molecular weight is 668 g/mol. The number of benzene rings is 4. The SMILES string of the molecule is O=c1c2ccccc2[nH]c2cc3c(=O)c4ccccc4[nH]c3cc12.[C-]#[N+]/C(C#N)=C1\C=C(C)OC(/C=C/c2cc3c4c(c2)CCCN4CCC3)=C1. The first kappa shape index (κ1) is 31.6. The minimum atomic E-state index is -0.0322. The van der Waals surface area contributed by atoms with Gasteiger partial charge >= 0.3 is 0 Å². The number of para-hydroxylation sites is 2. The predicted molar refractivity (Wildman–Crippen MR) is 204 cm³/mol. The number of hydrogen-bond acceptors (Lipinski definition) is 5. The van der Waals surface area contributed by atoms with E-state index < -0.39 is 0 Å². The van der Waals surface area contributed by atoms with Crippen LogP contribution in [0.2, 0.25) is 0 Å². The third kappa shape index (κ3) is 5.88. The largest absolute Gasteiger partial charge is 0.462 e. The number of aryl methyl sites for hydroxylation is 2. The number of H-pyrrole nitrogens is 2. The Hall–Kier alpha value is -6.64. The number of allylic oxidation sites excluding steroid dienone is 6. The smallest absolute Gasteiger partial charge is 0.269 e. The highest BCUT2D eigenvalue weighted by molar-refractivity contribution is 6.02. The maximum Gasteiger partial charge on any atom is 0.269 e. The first-order valence-corrected chi connectivity index (χ1v) is 17.1. The van der Waals surface area contributed by atoms with Gasteiger partial charge in [0, 0.05) is 51.4 Å². The maximum absolute atomic E-state index is 12.8. The number of ether oxygens (including phenoxy) is 1. The lowest BCUT2D eigenvalue weighted by atomic mass is 9.90. The topological polar surface area (TPSA) is 106 Å². The van der Waals surface area contributed by atoms with Gasteiger partial charge in [-0.3, -0.25) is 9.59 Å². The Morgan fingerprint density at radius 2 is 1.37 bits per heavy atom. The molecule has 0 spiro atoms. The molecule has 0 saturated carbocycles. The van der Waals surface area contributed by atoms with Gasteiger partial charge < -0.3 is 19.6 Å². The molecule has 2 N–H and O–H groups in total. The van der Waals surface area contributed by atoms with E-state index in [1.165, 1.54) is 48.3 Å². The van der Waals surface area contributed by atoms with Gasteiger partial charge in [-0.05, 0) is 122 Å². The predicted octanol–water partition coefficient (Wildman–Crippen LogP) is 8.59. The molecule has 3 aliphatic rings. The van der Waals surface area contributed by atoms with Gasteiger partial charge in [0.15, 0.2) is 10.9 Å². The minimum absolute atomic E-state index is 0.0322. The van der Waals surface area contributed by atoms with E-state index in [0.717, 1.165) is 23.9 Å². The van der Waals surface area contributed by atoms with Gasteiger partial charge in [-0.2, -0.15) is 0 Å². The molecule has 8 heteroatoms. The van der Waals surface area contributed by atoms with Crippen molar-refractivity contribution in [3.63, 3.8) is 0 Å². The molecule has 0 aliphatic carbocycles. The summed E-state index contributed by atoms with van der Waals surface area (Å²) in [6.07, 6.45) is 12.2. The summed E-state index contributed by atoms with van der Waals surface area (Å²) in [5, 5.41) is 11.6. The third-order valence-corrected chi connectivity index (χ3v) is 9.75. The first-order valence-electron chi connectivity index (χ1n) is 17.1. The molecule has 6 aromatic rings. The fraction of sp³-hybridized carbons (Fsp3) is 0.163. The molecule has 0 atom stereocenters. The van der Waals surface area contributed by atoms with Crippen molar-refractivity contribution >= 4 is 55.4 Å². The van der Waals surface area contributed by atoms with Crippen LogP contribution in [0.1, 0.15) is 36.5 Å². The number of fused-ring (bicyclic) bond motifs is 4. The zero-order valence-corrected chi connectivity index (χ0v) is 28.0. The summed E-state index contributed by atoms with van der Waals surface area (Å²) >= 11 is 0. The number of nitrogens with one attached hydrogen (secondary N) is 2. The summed E-state index contributed by atoms with van der Waals surface area (Å²) in [6.45, 7) is 11.3. The molecule has 0 fully saturated rings. The molecule has 9 rings (SSSR count). The average Bonchev–Trinajstić information content (AvgIpc) is 3.15. The molecule has 8 nitrogen and oxygen atoms in total. The summed E-state index contributed by atoms with van der Waals surface area (Å²) in [5.41, 5.74) is 9.07. The molecular weight excluding hydrogens is 635 g/mol. The van der Waals surface area contributed by atoms with E-state index in [4.69, 9.17) is 16.6 Å². The molecular formula is C43H33N5O3. The van der Waals surface area contributed by atoms with Crippen LogP contribution in [0.15, 0.2) is 123 Å². The Balaban J connectivity index is 0.000000147. The van der Waals surface area contributed by atoms with Crippen LogP contribution in [0.3, 0.4) is 0 Å². The molecule has 0 unspecified atom stereocenters. The summed E-state index contributed by atoms with van der Waals surface area (Å²) < 4.78 is 5.76. The summed E-state index contributed by atoms with van der Waals surface area (Å²) in [6, 6.07) is 24.9. The first-order chi connectivity index (χ1) is 24.9. The molecule has 5 heterocycles. The number of nitrogens with zero attached hydrogens (tertiary/aromatic N) is 3. The van der Waals surface area contributed by atoms with Crippen LogP contribution in [-0.4, -0.2) is 23.1 Å². The third-order valence-electron chi connectivity index (χ3n) is 9.75.